The Labute approximate surface area is 97.8 Å². The third-order valence-corrected chi connectivity index (χ3v) is 3.50. The van der Waals surface area contributed by atoms with Gasteiger partial charge in [0.25, 0.3) is 0 Å². The van der Waals surface area contributed by atoms with Crippen molar-refractivity contribution in [1.29, 1.82) is 0 Å². The van der Waals surface area contributed by atoms with Gasteiger partial charge in [-0.15, -0.1) is 0 Å². The molecule has 2 saturated carbocycles. The lowest BCUT2D eigenvalue weighted by atomic mass is 10.4. The van der Waals surface area contributed by atoms with E-state index in [0.29, 0.717) is 12.0 Å². The molecule has 1 heterocycles. The van der Waals surface area contributed by atoms with Crippen LogP contribution in [-0.4, -0.2) is 16.0 Å². The van der Waals surface area contributed by atoms with Crippen LogP contribution in [0.2, 0.25) is 0 Å². The van der Waals surface area contributed by atoms with E-state index in [1.807, 2.05) is 6.07 Å². The minimum Gasteiger partial charge on any atom is -0.367 e. The first-order valence-corrected chi connectivity index (χ1v) is 6.32. The number of anilines is 1. The van der Waals surface area contributed by atoms with Crippen molar-refractivity contribution in [1.82, 2.24) is 9.97 Å². The monoisotopic (exact) mass is 267 g/mol. The predicted molar refractivity (Wildman–Crippen MR) is 62.9 cm³/mol. The van der Waals surface area contributed by atoms with Crippen LogP contribution in [0.25, 0.3) is 0 Å². The summed E-state index contributed by atoms with van der Waals surface area (Å²) in [6.07, 6.45) is 3.76. The lowest BCUT2D eigenvalue weighted by molar-refractivity contribution is 0.889. The van der Waals surface area contributed by atoms with E-state index in [9.17, 15) is 0 Å². The molecule has 4 heteroatoms. The van der Waals surface area contributed by atoms with Crippen molar-refractivity contribution < 1.29 is 0 Å². The van der Waals surface area contributed by atoms with Crippen molar-refractivity contribution >= 4 is 21.7 Å². The van der Waals surface area contributed by atoms with Crippen LogP contribution in [-0.2, 0) is 0 Å². The van der Waals surface area contributed by atoms with Crippen LogP contribution in [0.15, 0.2) is 10.7 Å². The van der Waals surface area contributed by atoms with Gasteiger partial charge in [0, 0.05) is 18.0 Å². The molecule has 2 aliphatic carbocycles. The number of nitrogens with one attached hydrogen (secondary N) is 1. The Balaban J connectivity index is 1.80. The fourth-order valence-corrected chi connectivity index (χ4v) is 2.14. The molecule has 1 aromatic heterocycles. The number of nitrogens with zero attached hydrogens (tertiary/aromatic N) is 2. The quantitative estimate of drug-likeness (QED) is 0.856. The van der Waals surface area contributed by atoms with E-state index >= 15 is 0 Å². The predicted octanol–water partition coefficient (Wildman–Crippen LogP) is 2.94. The Morgan fingerprint density at radius 1 is 1.40 bits per heavy atom. The summed E-state index contributed by atoms with van der Waals surface area (Å²) in [4.78, 5) is 8.97. The molecule has 0 aromatic carbocycles. The van der Waals surface area contributed by atoms with Crippen LogP contribution in [0.4, 0.5) is 5.82 Å². The van der Waals surface area contributed by atoms with Gasteiger partial charge in [0.2, 0.25) is 0 Å². The van der Waals surface area contributed by atoms with Crippen LogP contribution in [0.3, 0.4) is 0 Å². The van der Waals surface area contributed by atoms with Crippen molar-refractivity contribution in [2.45, 2.75) is 38.1 Å². The van der Waals surface area contributed by atoms with E-state index in [2.05, 4.69) is 38.1 Å². The second kappa shape index (κ2) is 3.44. The van der Waals surface area contributed by atoms with Gasteiger partial charge in [-0.1, -0.05) is 6.92 Å². The Bertz CT molecular complexity index is 389. The molecule has 0 aliphatic heterocycles. The molecule has 0 amide bonds. The number of aromatic nitrogens is 2. The summed E-state index contributed by atoms with van der Waals surface area (Å²) in [5, 5.41) is 3.45. The van der Waals surface area contributed by atoms with Gasteiger partial charge in [-0.05, 0) is 41.1 Å². The third-order valence-electron chi connectivity index (χ3n) is 3.10. The number of rotatable bonds is 3. The number of halogens is 1. The summed E-state index contributed by atoms with van der Waals surface area (Å²) < 4.78 is 0.898. The minimum absolute atomic E-state index is 0.611. The van der Waals surface area contributed by atoms with E-state index in [1.54, 1.807) is 0 Å². The highest BCUT2D eigenvalue weighted by atomic mass is 79.9. The van der Waals surface area contributed by atoms with Crippen molar-refractivity contribution in [2.75, 3.05) is 5.32 Å². The van der Waals surface area contributed by atoms with Gasteiger partial charge < -0.3 is 5.32 Å². The van der Waals surface area contributed by atoms with Gasteiger partial charge in [0.1, 0.15) is 16.2 Å². The molecule has 1 N–H and O–H groups in total. The molecule has 0 bridgehead atoms. The largest absolute Gasteiger partial charge is 0.367 e. The molecule has 15 heavy (non-hydrogen) atoms. The van der Waals surface area contributed by atoms with Gasteiger partial charge in [0.15, 0.2) is 0 Å². The van der Waals surface area contributed by atoms with Gasteiger partial charge in [-0.3, -0.25) is 0 Å². The van der Waals surface area contributed by atoms with Crippen LogP contribution in [0.5, 0.6) is 0 Å². The standard InChI is InChI=1S/C11H14BrN3/c1-6-4-8(6)13-10-5-9(12)14-11(15-10)7-2-3-7/h5-8H,2-4H2,1H3,(H,13,14,15). The summed E-state index contributed by atoms with van der Waals surface area (Å²) in [7, 11) is 0. The first-order chi connectivity index (χ1) is 7.22. The zero-order chi connectivity index (χ0) is 10.4. The van der Waals surface area contributed by atoms with Crippen molar-refractivity contribution in [3.63, 3.8) is 0 Å². The van der Waals surface area contributed by atoms with Gasteiger partial charge in [-0.2, -0.15) is 0 Å². The topological polar surface area (TPSA) is 37.8 Å². The zero-order valence-corrected chi connectivity index (χ0v) is 10.3. The molecule has 2 unspecified atom stereocenters. The second-order valence-corrected chi connectivity index (χ2v) is 5.48. The maximum Gasteiger partial charge on any atom is 0.135 e. The Morgan fingerprint density at radius 2 is 2.13 bits per heavy atom. The third kappa shape index (κ3) is 2.14. The number of hydrogen-bond acceptors (Lipinski definition) is 3. The van der Waals surface area contributed by atoms with Crippen molar-refractivity contribution in [2.24, 2.45) is 5.92 Å². The molecule has 0 spiro atoms. The second-order valence-electron chi connectivity index (χ2n) is 4.67. The average Bonchev–Trinajstić information content (AvgIpc) is 3.02. The SMILES string of the molecule is CC1CC1Nc1cc(Br)nc(C2CC2)n1. The lowest BCUT2D eigenvalue weighted by Gasteiger charge is -2.06. The van der Waals surface area contributed by atoms with Gasteiger partial charge >= 0.3 is 0 Å². The highest BCUT2D eigenvalue weighted by Gasteiger charge is 2.33. The molecule has 2 aliphatic rings. The average molecular weight is 268 g/mol. The minimum atomic E-state index is 0.611. The summed E-state index contributed by atoms with van der Waals surface area (Å²) in [6, 6.07) is 2.59. The Kier molecular flexibility index (Phi) is 2.20. The van der Waals surface area contributed by atoms with E-state index in [0.717, 1.165) is 22.2 Å². The molecule has 0 saturated heterocycles. The first kappa shape index (κ1) is 9.58. The van der Waals surface area contributed by atoms with Crippen molar-refractivity contribution in [3.8, 4) is 0 Å². The van der Waals surface area contributed by atoms with Gasteiger partial charge in [0.05, 0.1) is 0 Å². The molecule has 80 valence electrons. The normalized spacial score (nSPS) is 28.9. The van der Waals surface area contributed by atoms with E-state index in [4.69, 9.17) is 0 Å². The molecule has 1 aromatic rings. The first-order valence-electron chi connectivity index (χ1n) is 5.53. The summed E-state index contributed by atoms with van der Waals surface area (Å²) in [5.74, 6) is 3.39. The molecular formula is C11H14BrN3. The Morgan fingerprint density at radius 3 is 2.73 bits per heavy atom. The van der Waals surface area contributed by atoms with E-state index in [-0.39, 0.29) is 0 Å². The smallest absolute Gasteiger partial charge is 0.135 e. The molecule has 2 fully saturated rings. The summed E-state index contributed by atoms with van der Waals surface area (Å²) in [5.41, 5.74) is 0. The fraction of sp³-hybridized carbons (Fsp3) is 0.636. The Hall–Kier alpha value is -0.640. The van der Waals surface area contributed by atoms with Crippen LogP contribution >= 0.6 is 15.9 Å². The fourth-order valence-electron chi connectivity index (χ4n) is 1.75. The van der Waals surface area contributed by atoms with Crippen molar-refractivity contribution in [3.05, 3.63) is 16.5 Å². The summed E-state index contributed by atoms with van der Waals surface area (Å²) >= 11 is 3.44. The molecule has 3 nitrogen and oxygen atoms in total. The molecule has 0 radical (unpaired) electrons. The number of hydrogen-bond donors (Lipinski definition) is 1. The van der Waals surface area contributed by atoms with Gasteiger partial charge in [-0.25, -0.2) is 9.97 Å². The summed E-state index contributed by atoms with van der Waals surface area (Å²) in [6.45, 7) is 2.26. The van der Waals surface area contributed by atoms with Crippen LogP contribution in [0, 0.1) is 5.92 Å². The highest BCUT2D eigenvalue weighted by molar-refractivity contribution is 9.10. The zero-order valence-electron chi connectivity index (χ0n) is 8.70. The molecular weight excluding hydrogens is 254 g/mol. The van der Waals surface area contributed by atoms with E-state index < -0.39 is 0 Å². The van der Waals surface area contributed by atoms with Crippen LogP contribution < -0.4 is 5.32 Å². The maximum atomic E-state index is 4.56. The molecule has 2 atom stereocenters. The van der Waals surface area contributed by atoms with E-state index in [1.165, 1.54) is 19.3 Å². The molecule has 3 rings (SSSR count). The highest BCUT2D eigenvalue weighted by Crippen LogP contribution is 2.39. The van der Waals surface area contributed by atoms with Crippen LogP contribution in [0.1, 0.15) is 37.9 Å². The maximum absolute atomic E-state index is 4.56. The lowest BCUT2D eigenvalue weighted by Crippen LogP contribution is -2.07.